The largest absolute Gasteiger partial charge is 0.350 e. The van der Waals surface area contributed by atoms with Gasteiger partial charge in [-0.05, 0) is 32.7 Å². The van der Waals surface area contributed by atoms with Gasteiger partial charge < -0.3 is 10.6 Å². The van der Waals surface area contributed by atoms with Crippen molar-refractivity contribution in [2.24, 2.45) is 0 Å². The van der Waals surface area contributed by atoms with Crippen LogP contribution in [0.25, 0.3) is 0 Å². The number of amides is 1. The lowest BCUT2D eigenvalue weighted by atomic mass is 10.0. The van der Waals surface area contributed by atoms with Crippen LogP contribution < -0.4 is 10.6 Å². The third-order valence-corrected chi connectivity index (χ3v) is 3.43. The van der Waals surface area contributed by atoms with E-state index in [1.165, 1.54) is 19.3 Å². The van der Waals surface area contributed by atoms with Crippen molar-refractivity contribution in [1.29, 1.82) is 0 Å². The van der Waals surface area contributed by atoms with Crippen molar-refractivity contribution in [3.8, 4) is 0 Å². The molecule has 1 aliphatic heterocycles. The Hall–Kier alpha value is -1.49. The van der Waals surface area contributed by atoms with Crippen LogP contribution in [-0.2, 0) is 11.3 Å². The predicted molar refractivity (Wildman–Crippen MR) is 73.5 cm³/mol. The average Bonchev–Trinajstić information content (AvgIpc) is 2.45. The first-order valence-corrected chi connectivity index (χ1v) is 7.01. The lowest BCUT2D eigenvalue weighted by Gasteiger charge is -2.22. The number of carbonyl (C=O) groups is 1. The van der Waals surface area contributed by atoms with E-state index >= 15 is 0 Å². The lowest BCUT2D eigenvalue weighted by Crippen LogP contribution is -2.35. The number of carbonyl (C=O) groups excluding carboxylic acids is 1. The van der Waals surface area contributed by atoms with E-state index in [0.717, 1.165) is 24.4 Å². The highest BCUT2D eigenvalue weighted by Crippen LogP contribution is 2.11. The lowest BCUT2D eigenvalue weighted by molar-refractivity contribution is -0.121. The minimum Gasteiger partial charge on any atom is -0.350 e. The number of hydrogen-bond acceptors (Lipinski definition) is 4. The van der Waals surface area contributed by atoms with E-state index in [9.17, 15) is 4.79 Å². The van der Waals surface area contributed by atoms with Crippen LogP contribution in [0.2, 0.25) is 0 Å². The summed E-state index contributed by atoms with van der Waals surface area (Å²) in [7, 11) is 0. The first-order valence-electron chi connectivity index (χ1n) is 7.01. The molecule has 1 fully saturated rings. The zero-order valence-electron chi connectivity index (χ0n) is 11.5. The maximum absolute atomic E-state index is 11.7. The molecule has 0 radical (unpaired) electrons. The molecule has 0 spiro atoms. The van der Waals surface area contributed by atoms with Gasteiger partial charge in [-0.3, -0.25) is 14.8 Å². The van der Waals surface area contributed by atoms with Crippen molar-refractivity contribution in [3.63, 3.8) is 0 Å². The molecule has 5 nitrogen and oxygen atoms in total. The van der Waals surface area contributed by atoms with E-state index in [2.05, 4.69) is 20.6 Å². The third-order valence-electron chi connectivity index (χ3n) is 3.43. The molecule has 1 unspecified atom stereocenters. The van der Waals surface area contributed by atoms with Crippen LogP contribution in [-0.4, -0.2) is 28.5 Å². The van der Waals surface area contributed by atoms with Gasteiger partial charge in [-0.25, -0.2) is 0 Å². The molecule has 0 aliphatic carbocycles. The Morgan fingerprint density at radius 1 is 1.42 bits per heavy atom. The molecule has 0 saturated carbocycles. The highest BCUT2D eigenvalue weighted by atomic mass is 16.1. The van der Waals surface area contributed by atoms with E-state index in [0.29, 0.717) is 19.0 Å². The van der Waals surface area contributed by atoms with Gasteiger partial charge >= 0.3 is 0 Å². The Kier molecular flexibility index (Phi) is 5.27. The molecule has 2 heterocycles. The van der Waals surface area contributed by atoms with E-state index in [1.807, 2.05) is 6.92 Å². The Bertz CT molecular complexity index is 398. The van der Waals surface area contributed by atoms with E-state index in [-0.39, 0.29) is 5.91 Å². The first kappa shape index (κ1) is 13.9. The normalized spacial score (nSPS) is 19.1. The summed E-state index contributed by atoms with van der Waals surface area (Å²) >= 11 is 0. The molecular weight excluding hydrogens is 240 g/mol. The van der Waals surface area contributed by atoms with E-state index in [4.69, 9.17) is 0 Å². The van der Waals surface area contributed by atoms with Gasteiger partial charge in [0.25, 0.3) is 0 Å². The predicted octanol–water partition coefficient (Wildman–Crippen LogP) is 1.32. The smallest absolute Gasteiger partial charge is 0.220 e. The number of nitrogens with zero attached hydrogens (tertiary/aromatic N) is 2. The summed E-state index contributed by atoms with van der Waals surface area (Å²) in [4.78, 5) is 20.1. The molecule has 1 atom stereocenters. The highest BCUT2D eigenvalue weighted by molar-refractivity contribution is 5.75. The van der Waals surface area contributed by atoms with Crippen molar-refractivity contribution < 1.29 is 4.79 Å². The molecule has 1 aromatic rings. The van der Waals surface area contributed by atoms with Crippen molar-refractivity contribution >= 4 is 5.91 Å². The topological polar surface area (TPSA) is 66.9 Å². The van der Waals surface area contributed by atoms with Gasteiger partial charge in [0.15, 0.2) is 0 Å². The van der Waals surface area contributed by atoms with Crippen LogP contribution in [0, 0.1) is 6.92 Å². The van der Waals surface area contributed by atoms with Crippen molar-refractivity contribution in [3.05, 3.63) is 23.8 Å². The van der Waals surface area contributed by atoms with Gasteiger partial charge in [-0.15, -0.1) is 0 Å². The standard InChI is InChI=1S/C14H22N4O/c1-11-8-17-13(9-16-11)10-18-14(19)6-5-12-4-2-3-7-15-12/h8-9,12,15H,2-7,10H2,1H3,(H,18,19). The Labute approximate surface area is 114 Å². The molecule has 2 N–H and O–H groups in total. The summed E-state index contributed by atoms with van der Waals surface area (Å²) < 4.78 is 0. The van der Waals surface area contributed by atoms with Gasteiger partial charge in [0, 0.05) is 18.7 Å². The fourth-order valence-electron chi connectivity index (χ4n) is 2.26. The van der Waals surface area contributed by atoms with Crippen LogP contribution in [0.4, 0.5) is 0 Å². The second-order valence-electron chi connectivity index (χ2n) is 5.11. The fourth-order valence-corrected chi connectivity index (χ4v) is 2.26. The molecule has 5 heteroatoms. The summed E-state index contributed by atoms with van der Waals surface area (Å²) in [5.41, 5.74) is 1.69. The van der Waals surface area contributed by atoms with E-state index < -0.39 is 0 Å². The average molecular weight is 262 g/mol. The van der Waals surface area contributed by atoms with Gasteiger partial charge in [-0.2, -0.15) is 0 Å². The quantitative estimate of drug-likeness (QED) is 0.840. The van der Waals surface area contributed by atoms with Gasteiger partial charge in [0.1, 0.15) is 0 Å². The summed E-state index contributed by atoms with van der Waals surface area (Å²) in [6, 6.07) is 0.513. The SMILES string of the molecule is Cc1cnc(CNC(=O)CCC2CCCCN2)cn1. The molecule has 0 bridgehead atoms. The Balaban J connectivity index is 1.65. The van der Waals surface area contributed by atoms with Crippen LogP contribution in [0.3, 0.4) is 0 Å². The number of piperidine rings is 1. The maximum Gasteiger partial charge on any atom is 0.220 e. The molecule has 1 aromatic heterocycles. The monoisotopic (exact) mass is 262 g/mol. The molecule has 1 saturated heterocycles. The van der Waals surface area contributed by atoms with Gasteiger partial charge in [-0.1, -0.05) is 6.42 Å². The van der Waals surface area contributed by atoms with Crippen LogP contribution in [0.15, 0.2) is 12.4 Å². The zero-order valence-corrected chi connectivity index (χ0v) is 11.5. The number of aryl methyl sites for hydroxylation is 1. The number of rotatable bonds is 5. The summed E-state index contributed by atoms with van der Waals surface area (Å²) in [6.45, 7) is 3.45. The second kappa shape index (κ2) is 7.19. The molecule has 1 aliphatic rings. The summed E-state index contributed by atoms with van der Waals surface area (Å²) in [6.07, 6.45) is 8.65. The summed E-state index contributed by atoms with van der Waals surface area (Å²) in [5, 5.41) is 6.34. The molecular formula is C14H22N4O. The molecule has 104 valence electrons. The van der Waals surface area contributed by atoms with Crippen LogP contribution in [0.5, 0.6) is 0 Å². The number of aromatic nitrogens is 2. The maximum atomic E-state index is 11.7. The first-order chi connectivity index (χ1) is 9.24. The number of hydrogen-bond donors (Lipinski definition) is 2. The second-order valence-corrected chi connectivity index (χ2v) is 5.11. The molecule has 2 rings (SSSR count). The zero-order chi connectivity index (χ0) is 13.5. The minimum atomic E-state index is 0.0924. The third kappa shape index (κ3) is 4.95. The van der Waals surface area contributed by atoms with Gasteiger partial charge in [0.2, 0.25) is 5.91 Å². The highest BCUT2D eigenvalue weighted by Gasteiger charge is 2.13. The fraction of sp³-hybridized carbons (Fsp3) is 0.643. The van der Waals surface area contributed by atoms with Crippen molar-refractivity contribution in [1.82, 2.24) is 20.6 Å². The van der Waals surface area contributed by atoms with Crippen molar-refractivity contribution in [2.45, 2.75) is 51.6 Å². The van der Waals surface area contributed by atoms with Crippen LogP contribution in [0.1, 0.15) is 43.5 Å². The van der Waals surface area contributed by atoms with Crippen LogP contribution >= 0.6 is 0 Å². The van der Waals surface area contributed by atoms with Crippen molar-refractivity contribution in [2.75, 3.05) is 6.54 Å². The molecule has 1 amide bonds. The van der Waals surface area contributed by atoms with Gasteiger partial charge in [0.05, 0.1) is 24.1 Å². The summed E-state index contributed by atoms with van der Waals surface area (Å²) in [5.74, 6) is 0.0924. The number of nitrogens with one attached hydrogen (secondary N) is 2. The minimum absolute atomic E-state index is 0.0924. The molecule has 0 aromatic carbocycles. The Morgan fingerprint density at radius 3 is 3.00 bits per heavy atom. The molecule has 19 heavy (non-hydrogen) atoms. The van der Waals surface area contributed by atoms with E-state index in [1.54, 1.807) is 12.4 Å². The Morgan fingerprint density at radius 2 is 2.32 bits per heavy atom.